The van der Waals surface area contributed by atoms with Gasteiger partial charge in [-0.25, -0.2) is 0 Å². The molecule has 6 rings (SSSR count). The quantitative estimate of drug-likeness (QED) is 0.275. The predicted molar refractivity (Wildman–Crippen MR) is 124 cm³/mol. The number of carbonyl (C=O) groups is 2. The standard InChI is InChI=1S/C26H17NO3S/c1-27-20-11-7-15(12-23(20)31-26(27)30)24-19-10-9-17-16-5-3-2-4-14(16)6-8-18(17)25(19)22(29)13-21(24)28/h2-12,24H,13H2,1H3. The molecule has 4 aromatic carbocycles. The van der Waals surface area contributed by atoms with Crippen molar-refractivity contribution in [1.82, 2.24) is 4.57 Å². The summed E-state index contributed by atoms with van der Waals surface area (Å²) in [6.45, 7) is 0. The van der Waals surface area contributed by atoms with E-state index in [2.05, 4.69) is 12.1 Å². The molecule has 5 aromatic rings. The number of thiazole rings is 1. The molecule has 0 saturated heterocycles. The van der Waals surface area contributed by atoms with Gasteiger partial charge >= 0.3 is 4.87 Å². The fourth-order valence-electron chi connectivity index (χ4n) is 4.87. The number of nitrogens with zero attached hydrogens (tertiary/aromatic N) is 1. The predicted octanol–water partition coefficient (Wildman–Crippen LogP) is 5.19. The third kappa shape index (κ3) is 2.56. The van der Waals surface area contributed by atoms with Gasteiger partial charge in [-0.2, -0.15) is 0 Å². The fraction of sp³-hybridized carbons (Fsp3) is 0.115. The van der Waals surface area contributed by atoms with Gasteiger partial charge in [0.05, 0.1) is 22.6 Å². The second-order valence-electron chi connectivity index (χ2n) is 8.07. The molecule has 0 radical (unpaired) electrons. The van der Waals surface area contributed by atoms with E-state index in [1.165, 1.54) is 11.3 Å². The maximum Gasteiger partial charge on any atom is 0.307 e. The van der Waals surface area contributed by atoms with Crippen LogP contribution >= 0.6 is 11.3 Å². The van der Waals surface area contributed by atoms with Gasteiger partial charge in [0, 0.05) is 12.6 Å². The highest BCUT2D eigenvalue weighted by Gasteiger charge is 2.35. The van der Waals surface area contributed by atoms with Gasteiger partial charge in [0.1, 0.15) is 0 Å². The molecule has 0 fully saturated rings. The number of Topliss-reactive ketones (excluding diaryl/α,β-unsaturated/α-hetero) is 2. The molecule has 1 aliphatic rings. The third-order valence-corrected chi connectivity index (χ3v) is 7.35. The molecule has 0 N–H and O–H groups in total. The van der Waals surface area contributed by atoms with Crippen LogP contribution in [0.2, 0.25) is 0 Å². The average Bonchev–Trinajstić information content (AvgIpc) is 3.06. The van der Waals surface area contributed by atoms with E-state index in [0.29, 0.717) is 5.56 Å². The highest BCUT2D eigenvalue weighted by Crippen LogP contribution is 2.40. The molecule has 0 spiro atoms. The molecule has 4 nitrogen and oxygen atoms in total. The zero-order chi connectivity index (χ0) is 21.3. The molecular weight excluding hydrogens is 406 g/mol. The van der Waals surface area contributed by atoms with Crippen LogP contribution in [0, 0.1) is 0 Å². The molecule has 5 heteroatoms. The highest BCUT2D eigenvalue weighted by atomic mass is 32.1. The van der Waals surface area contributed by atoms with Crippen molar-refractivity contribution in [3.8, 4) is 0 Å². The van der Waals surface area contributed by atoms with Crippen LogP contribution in [0.5, 0.6) is 0 Å². The van der Waals surface area contributed by atoms with E-state index >= 15 is 0 Å². The smallest absolute Gasteiger partial charge is 0.302 e. The minimum Gasteiger partial charge on any atom is -0.302 e. The lowest BCUT2D eigenvalue weighted by Crippen LogP contribution is -2.26. The number of aryl methyl sites for hydroxylation is 1. The van der Waals surface area contributed by atoms with E-state index in [1.807, 2.05) is 54.6 Å². The molecule has 0 saturated carbocycles. The zero-order valence-corrected chi connectivity index (χ0v) is 17.5. The minimum absolute atomic E-state index is 0.0319. The summed E-state index contributed by atoms with van der Waals surface area (Å²) in [5.41, 5.74) is 3.08. The van der Waals surface area contributed by atoms with Crippen LogP contribution in [-0.4, -0.2) is 16.1 Å². The van der Waals surface area contributed by atoms with Gasteiger partial charge in [0.15, 0.2) is 11.6 Å². The summed E-state index contributed by atoms with van der Waals surface area (Å²) in [5, 5.41) is 4.13. The SMILES string of the molecule is Cn1c(=O)sc2cc(C3C(=O)CC(=O)c4c3ccc3c4ccc4ccccc43)ccc21. The van der Waals surface area contributed by atoms with E-state index in [-0.39, 0.29) is 22.9 Å². The van der Waals surface area contributed by atoms with Crippen molar-refractivity contribution in [2.75, 3.05) is 0 Å². The number of aromatic nitrogens is 1. The third-order valence-electron chi connectivity index (χ3n) is 6.35. The van der Waals surface area contributed by atoms with Crippen molar-refractivity contribution in [3.63, 3.8) is 0 Å². The van der Waals surface area contributed by atoms with Crippen molar-refractivity contribution >= 4 is 54.7 Å². The summed E-state index contributed by atoms with van der Waals surface area (Å²) < 4.78 is 2.46. The molecule has 1 aliphatic carbocycles. The van der Waals surface area contributed by atoms with Gasteiger partial charge in [0.2, 0.25) is 0 Å². The van der Waals surface area contributed by atoms with E-state index in [1.54, 1.807) is 11.6 Å². The van der Waals surface area contributed by atoms with Crippen molar-refractivity contribution < 1.29 is 9.59 Å². The Kier molecular flexibility index (Phi) is 3.80. The number of carbonyl (C=O) groups excluding carboxylic acids is 2. The monoisotopic (exact) mass is 423 g/mol. The largest absolute Gasteiger partial charge is 0.307 e. The Bertz CT molecular complexity index is 1640. The van der Waals surface area contributed by atoms with Crippen molar-refractivity contribution in [2.45, 2.75) is 12.3 Å². The van der Waals surface area contributed by atoms with Crippen LogP contribution in [0.15, 0.2) is 71.5 Å². The van der Waals surface area contributed by atoms with E-state index in [9.17, 15) is 14.4 Å². The van der Waals surface area contributed by atoms with Crippen LogP contribution < -0.4 is 4.87 Å². The fourth-order valence-corrected chi connectivity index (χ4v) is 5.80. The molecular formula is C26H17NO3S. The number of ketones is 2. The lowest BCUT2D eigenvalue weighted by Gasteiger charge is -2.25. The van der Waals surface area contributed by atoms with Crippen molar-refractivity contribution in [2.24, 2.45) is 7.05 Å². The summed E-state index contributed by atoms with van der Waals surface area (Å²) in [7, 11) is 1.75. The van der Waals surface area contributed by atoms with Crippen molar-refractivity contribution in [3.05, 3.63) is 93.1 Å². The lowest BCUT2D eigenvalue weighted by molar-refractivity contribution is -0.119. The first-order valence-corrected chi connectivity index (χ1v) is 10.9. The second-order valence-corrected chi connectivity index (χ2v) is 9.06. The van der Waals surface area contributed by atoms with Gasteiger partial charge in [-0.1, -0.05) is 65.9 Å². The molecule has 0 aliphatic heterocycles. The Labute approximate surface area is 181 Å². The molecule has 0 bridgehead atoms. The van der Waals surface area contributed by atoms with E-state index in [0.717, 1.165) is 42.9 Å². The topological polar surface area (TPSA) is 56.1 Å². The molecule has 1 heterocycles. The molecule has 0 amide bonds. The van der Waals surface area contributed by atoms with Gasteiger partial charge in [-0.15, -0.1) is 0 Å². The number of hydrogen-bond donors (Lipinski definition) is 0. The first-order chi connectivity index (χ1) is 15.0. The average molecular weight is 423 g/mol. The Hall–Kier alpha value is -3.57. The number of rotatable bonds is 1. The van der Waals surface area contributed by atoms with E-state index < -0.39 is 5.92 Å². The molecule has 1 aromatic heterocycles. The maximum atomic E-state index is 13.0. The van der Waals surface area contributed by atoms with Crippen molar-refractivity contribution in [1.29, 1.82) is 0 Å². The summed E-state index contributed by atoms with van der Waals surface area (Å²) >= 11 is 1.17. The first-order valence-electron chi connectivity index (χ1n) is 10.1. The first kappa shape index (κ1) is 18.2. The molecule has 150 valence electrons. The van der Waals surface area contributed by atoms with Crippen LogP contribution in [0.3, 0.4) is 0 Å². The molecule has 1 unspecified atom stereocenters. The van der Waals surface area contributed by atoms with Gasteiger partial charge in [0.25, 0.3) is 0 Å². The number of hydrogen-bond acceptors (Lipinski definition) is 4. The Morgan fingerprint density at radius 2 is 1.68 bits per heavy atom. The van der Waals surface area contributed by atoms with Gasteiger partial charge in [-0.05, 0) is 44.8 Å². The number of fused-ring (bicyclic) bond motifs is 6. The van der Waals surface area contributed by atoms with Gasteiger partial charge < -0.3 is 4.57 Å². The Morgan fingerprint density at radius 3 is 2.55 bits per heavy atom. The minimum atomic E-state index is -0.504. The lowest BCUT2D eigenvalue weighted by atomic mass is 9.75. The molecule has 1 atom stereocenters. The maximum absolute atomic E-state index is 13.0. The van der Waals surface area contributed by atoms with E-state index in [4.69, 9.17) is 0 Å². The Morgan fingerprint density at radius 1 is 0.871 bits per heavy atom. The zero-order valence-electron chi connectivity index (χ0n) is 16.7. The highest BCUT2D eigenvalue weighted by molar-refractivity contribution is 7.16. The summed E-state index contributed by atoms with van der Waals surface area (Å²) in [4.78, 5) is 38.1. The van der Waals surface area contributed by atoms with Crippen LogP contribution in [0.4, 0.5) is 0 Å². The summed E-state index contributed by atoms with van der Waals surface area (Å²) in [5.74, 6) is -0.724. The summed E-state index contributed by atoms with van der Waals surface area (Å²) in [6, 6.07) is 21.8. The number of benzene rings is 4. The van der Waals surface area contributed by atoms with Crippen LogP contribution in [0.25, 0.3) is 31.8 Å². The molecule has 31 heavy (non-hydrogen) atoms. The van der Waals surface area contributed by atoms with Crippen LogP contribution in [0.1, 0.15) is 33.8 Å². The second kappa shape index (κ2) is 6.46. The Balaban J connectivity index is 1.62. The van der Waals surface area contributed by atoms with Crippen LogP contribution in [-0.2, 0) is 11.8 Å². The normalized spacial score (nSPS) is 16.4. The summed E-state index contributed by atoms with van der Waals surface area (Å²) in [6.07, 6.45) is -0.104. The van der Waals surface area contributed by atoms with Gasteiger partial charge in [-0.3, -0.25) is 14.4 Å².